The number of amides is 1. The second-order valence-electron chi connectivity index (χ2n) is 8.58. The molecule has 1 saturated carbocycles. The van der Waals surface area contributed by atoms with Crippen LogP contribution in [0, 0.1) is 12.8 Å². The lowest BCUT2D eigenvalue weighted by atomic mass is 9.99. The third-order valence-electron chi connectivity index (χ3n) is 6.25. The number of hydrogen-bond donors (Lipinski definition) is 2. The van der Waals surface area contributed by atoms with E-state index in [2.05, 4.69) is 46.3 Å². The minimum Gasteiger partial charge on any atom is -0.358 e. The van der Waals surface area contributed by atoms with Crippen molar-refractivity contribution in [3.63, 3.8) is 0 Å². The summed E-state index contributed by atoms with van der Waals surface area (Å²) in [6, 6.07) is 6.25. The van der Waals surface area contributed by atoms with E-state index >= 15 is 0 Å². The number of nitrogens with zero attached hydrogens (tertiary/aromatic N) is 2. The maximum atomic E-state index is 12.8. The Morgan fingerprint density at radius 3 is 2.80 bits per heavy atom. The number of fused-ring (bicyclic) bond motifs is 1. The van der Waals surface area contributed by atoms with E-state index < -0.39 is 0 Å². The van der Waals surface area contributed by atoms with Crippen molar-refractivity contribution in [2.24, 2.45) is 5.92 Å². The van der Waals surface area contributed by atoms with Crippen LogP contribution in [0.25, 0.3) is 10.9 Å². The second-order valence-corrected chi connectivity index (χ2v) is 9.56. The molecule has 0 saturated heterocycles. The summed E-state index contributed by atoms with van der Waals surface area (Å²) in [6.45, 7) is 3.98. The SMILES string of the molecule is Cc1[nH]c2ccc(NC(=O)C3CCCCCC3)cc2c1CCN(C)Cc1nccs1. The molecule has 0 unspecified atom stereocenters. The molecule has 6 heteroatoms. The molecule has 2 heterocycles. The van der Waals surface area contributed by atoms with Crippen LogP contribution >= 0.6 is 11.3 Å². The number of carbonyl (C=O) groups is 1. The molecule has 5 nitrogen and oxygen atoms in total. The summed E-state index contributed by atoms with van der Waals surface area (Å²) in [4.78, 5) is 23.0. The van der Waals surface area contributed by atoms with Gasteiger partial charge in [-0.15, -0.1) is 11.3 Å². The first-order valence-corrected chi connectivity index (χ1v) is 12.0. The molecule has 0 bridgehead atoms. The van der Waals surface area contributed by atoms with E-state index in [9.17, 15) is 4.79 Å². The van der Waals surface area contributed by atoms with Crippen molar-refractivity contribution in [3.05, 3.63) is 46.0 Å². The van der Waals surface area contributed by atoms with Crippen molar-refractivity contribution in [1.29, 1.82) is 0 Å². The van der Waals surface area contributed by atoms with Crippen LogP contribution < -0.4 is 5.32 Å². The average Bonchev–Trinajstić information content (AvgIpc) is 3.23. The highest BCUT2D eigenvalue weighted by atomic mass is 32.1. The molecular formula is C24H32N4OS. The highest BCUT2D eigenvalue weighted by molar-refractivity contribution is 7.09. The van der Waals surface area contributed by atoms with Crippen molar-refractivity contribution in [1.82, 2.24) is 14.9 Å². The molecule has 4 rings (SSSR count). The lowest BCUT2D eigenvalue weighted by Gasteiger charge is -2.15. The van der Waals surface area contributed by atoms with E-state index in [-0.39, 0.29) is 11.8 Å². The lowest BCUT2D eigenvalue weighted by molar-refractivity contribution is -0.120. The van der Waals surface area contributed by atoms with Gasteiger partial charge in [0, 0.05) is 46.3 Å². The number of rotatable bonds is 7. The number of thiazole rings is 1. The van der Waals surface area contributed by atoms with Gasteiger partial charge in [-0.3, -0.25) is 9.69 Å². The molecule has 1 aliphatic rings. The molecule has 160 valence electrons. The number of carbonyl (C=O) groups excluding carboxylic acids is 1. The van der Waals surface area contributed by atoms with Gasteiger partial charge in [-0.05, 0) is 57.0 Å². The minimum absolute atomic E-state index is 0.162. The summed E-state index contributed by atoms with van der Waals surface area (Å²) in [5.74, 6) is 0.350. The average molecular weight is 425 g/mol. The molecule has 0 radical (unpaired) electrons. The van der Waals surface area contributed by atoms with Crippen LogP contribution in [-0.4, -0.2) is 34.4 Å². The number of anilines is 1. The van der Waals surface area contributed by atoms with Crippen LogP contribution in [0.2, 0.25) is 0 Å². The van der Waals surface area contributed by atoms with Gasteiger partial charge in [-0.1, -0.05) is 25.7 Å². The Hall–Kier alpha value is -2.18. The number of benzene rings is 1. The number of nitrogens with one attached hydrogen (secondary N) is 2. The monoisotopic (exact) mass is 424 g/mol. The number of H-pyrrole nitrogens is 1. The molecule has 1 fully saturated rings. The first kappa shape index (κ1) is 21.1. The Balaban J connectivity index is 1.44. The molecular weight excluding hydrogens is 392 g/mol. The van der Waals surface area contributed by atoms with Crippen LogP contribution in [-0.2, 0) is 17.8 Å². The van der Waals surface area contributed by atoms with E-state index in [4.69, 9.17) is 0 Å². The van der Waals surface area contributed by atoms with Gasteiger partial charge < -0.3 is 10.3 Å². The fourth-order valence-corrected chi connectivity index (χ4v) is 5.21. The second kappa shape index (κ2) is 9.75. The molecule has 0 spiro atoms. The lowest BCUT2D eigenvalue weighted by Crippen LogP contribution is -2.22. The van der Waals surface area contributed by atoms with Crippen LogP contribution in [0.4, 0.5) is 5.69 Å². The van der Waals surface area contributed by atoms with Gasteiger partial charge in [-0.2, -0.15) is 0 Å². The van der Waals surface area contributed by atoms with E-state index in [0.29, 0.717) is 0 Å². The van der Waals surface area contributed by atoms with Crippen molar-refractivity contribution >= 4 is 33.8 Å². The van der Waals surface area contributed by atoms with Crippen LogP contribution in [0.5, 0.6) is 0 Å². The summed E-state index contributed by atoms with van der Waals surface area (Å²) in [7, 11) is 2.14. The topological polar surface area (TPSA) is 61.0 Å². The van der Waals surface area contributed by atoms with Gasteiger partial charge in [-0.25, -0.2) is 4.98 Å². The van der Waals surface area contributed by atoms with Gasteiger partial charge in [0.05, 0.1) is 6.54 Å². The number of likely N-dealkylation sites (N-methyl/N-ethyl adjacent to an activating group) is 1. The largest absolute Gasteiger partial charge is 0.358 e. The van der Waals surface area contributed by atoms with Crippen molar-refractivity contribution in [3.8, 4) is 0 Å². The Morgan fingerprint density at radius 2 is 2.07 bits per heavy atom. The van der Waals surface area contributed by atoms with Crippen molar-refractivity contribution < 1.29 is 4.79 Å². The van der Waals surface area contributed by atoms with Crippen molar-refractivity contribution in [2.75, 3.05) is 18.9 Å². The van der Waals surface area contributed by atoms with Gasteiger partial charge in [0.2, 0.25) is 5.91 Å². The predicted octanol–water partition coefficient (Wildman–Crippen LogP) is 5.52. The maximum absolute atomic E-state index is 12.8. The number of aromatic amines is 1. The highest BCUT2D eigenvalue weighted by Crippen LogP contribution is 2.28. The molecule has 3 aromatic rings. The maximum Gasteiger partial charge on any atom is 0.227 e. The summed E-state index contributed by atoms with van der Waals surface area (Å²) in [5, 5.41) is 7.58. The van der Waals surface area contributed by atoms with Gasteiger partial charge >= 0.3 is 0 Å². The van der Waals surface area contributed by atoms with Gasteiger partial charge in [0.15, 0.2) is 0 Å². The first-order chi connectivity index (χ1) is 14.6. The minimum atomic E-state index is 0.162. The third kappa shape index (κ3) is 5.10. The predicted molar refractivity (Wildman–Crippen MR) is 125 cm³/mol. The molecule has 0 atom stereocenters. The Kier molecular flexibility index (Phi) is 6.85. The van der Waals surface area contributed by atoms with Gasteiger partial charge in [0.25, 0.3) is 0 Å². The zero-order valence-electron chi connectivity index (χ0n) is 18.0. The van der Waals surface area contributed by atoms with E-state index in [0.717, 1.165) is 48.6 Å². The van der Waals surface area contributed by atoms with Crippen LogP contribution in [0.1, 0.15) is 54.8 Å². The number of hydrogen-bond acceptors (Lipinski definition) is 4. The Morgan fingerprint density at radius 1 is 1.27 bits per heavy atom. The standard InChI is InChI=1S/C24H32N4OS/c1-17-20(11-13-28(2)16-23-25-12-14-30-23)21-15-19(9-10-22(21)26-17)27-24(29)18-7-5-3-4-6-8-18/h9-10,12,14-15,18,26H,3-8,11,13,16H2,1-2H3,(H,27,29). The van der Waals surface area contributed by atoms with E-state index in [1.807, 2.05) is 17.6 Å². The van der Waals surface area contributed by atoms with Gasteiger partial charge in [0.1, 0.15) is 5.01 Å². The van der Waals surface area contributed by atoms with Crippen molar-refractivity contribution in [2.45, 2.75) is 58.4 Å². The number of aromatic nitrogens is 2. The summed E-state index contributed by atoms with van der Waals surface area (Å²) < 4.78 is 0. The highest BCUT2D eigenvalue weighted by Gasteiger charge is 2.20. The fourth-order valence-electron chi connectivity index (χ4n) is 4.51. The molecule has 30 heavy (non-hydrogen) atoms. The van der Waals surface area contributed by atoms with Crippen LogP contribution in [0.3, 0.4) is 0 Å². The molecule has 1 amide bonds. The number of aryl methyl sites for hydroxylation is 1. The molecule has 1 aliphatic carbocycles. The Labute approximate surface area is 182 Å². The Bertz CT molecular complexity index is 971. The normalized spacial score (nSPS) is 15.6. The smallest absolute Gasteiger partial charge is 0.227 e. The quantitative estimate of drug-likeness (QED) is 0.491. The molecule has 2 aromatic heterocycles. The molecule has 2 N–H and O–H groups in total. The molecule has 0 aliphatic heterocycles. The zero-order chi connectivity index (χ0) is 20.9. The van der Waals surface area contributed by atoms with E-state index in [1.165, 1.54) is 42.3 Å². The fraction of sp³-hybridized carbons (Fsp3) is 0.500. The van der Waals surface area contributed by atoms with E-state index in [1.54, 1.807) is 11.3 Å². The molecule has 1 aromatic carbocycles. The third-order valence-corrected chi connectivity index (χ3v) is 7.01. The zero-order valence-corrected chi connectivity index (χ0v) is 18.9. The summed E-state index contributed by atoms with van der Waals surface area (Å²) >= 11 is 1.70. The summed E-state index contributed by atoms with van der Waals surface area (Å²) in [6.07, 6.45) is 9.75. The summed E-state index contributed by atoms with van der Waals surface area (Å²) in [5.41, 5.74) is 4.59. The van der Waals surface area contributed by atoms with Crippen LogP contribution in [0.15, 0.2) is 29.8 Å². The first-order valence-electron chi connectivity index (χ1n) is 11.1.